The summed E-state index contributed by atoms with van der Waals surface area (Å²) >= 11 is 0. The molecule has 1 fully saturated rings. The quantitative estimate of drug-likeness (QED) is 0.908. The molecular weight excluding hydrogens is 249 g/mol. The van der Waals surface area contributed by atoms with Crippen molar-refractivity contribution in [2.75, 3.05) is 20.2 Å². The van der Waals surface area contributed by atoms with Crippen molar-refractivity contribution in [2.24, 2.45) is 0 Å². The van der Waals surface area contributed by atoms with E-state index < -0.39 is 11.8 Å². The molecule has 0 aliphatic carbocycles. The normalized spacial score (nSPS) is 17.6. The maximum atomic E-state index is 13.8. The van der Waals surface area contributed by atoms with Crippen LogP contribution in [0.2, 0.25) is 0 Å². The summed E-state index contributed by atoms with van der Waals surface area (Å²) in [6.07, 6.45) is 2.20. The van der Waals surface area contributed by atoms with Gasteiger partial charge in [0.15, 0.2) is 0 Å². The molecule has 2 rings (SSSR count). The fourth-order valence-corrected chi connectivity index (χ4v) is 2.35. The van der Waals surface area contributed by atoms with Crippen LogP contribution < -0.4 is 0 Å². The highest BCUT2D eigenvalue weighted by Crippen LogP contribution is 2.18. The lowest BCUT2D eigenvalue weighted by atomic mass is 10.1. The van der Waals surface area contributed by atoms with Gasteiger partial charge >= 0.3 is 5.97 Å². The molecule has 1 saturated heterocycles. The van der Waals surface area contributed by atoms with Crippen molar-refractivity contribution in [1.29, 1.82) is 0 Å². The lowest BCUT2D eigenvalue weighted by molar-refractivity contribution is 0.0386. The van der Waals surface area contributed by atoms with E-state index in [2.05, 4.69) is 4.90 Å². The number of methoxy groups -OCH3 is 1. The van der Waals surface area contributed by atoms with E-state index in [-0.39, 0.29) is 5.56 Å². The fraction of sp³-hybridized carbons (Fsp3) is 0.500. The summed E-state index contributed by atoms with van der Waals surface area (Å²) in [4.78, 5) is 12.9. The second kappa shape index (κ2) is 6.12. The number of hydrogen-bond donors (Lipinski definition) is 1. The molecule has 1 N–H and O–H groups in total. The van der Waals surface area contributed by atoms with Crippen LogP contribution in [-0.2, 0) is 11.3 Å². The zero-order chi connectivity index (χ0) is 13.8. The Kier molecular flexibility index (Phi) is 4.50. The number of likely N-dealkylation sites (tertiary alicyclic amines) is 1. The number of nitrogens with zero attached hydrogens (tertiary/aromatic N) is 1. The molecule has 1 aromatic carbocycles. The molecule has 1 aliphatic rings. The molecule has 1 aliphatic heterocycles. The van der Waals surface area contributed by atoms with E-state index in [1.807, 2.05) is 0 Å². The third-order valence-corrected chi connectivity index (χ3v) is 3.56. The van der Waals surface area contributed by atoms with E-state index in [0.717, 1.165) is 32.0 Å². The van der Waals surface area contributed by atoms with E-state index in [0.29, 0.717) is 18.2 Å². The number of rotatable bonds is 4. The monoisotopic (exact) mass is 267 g/mol. The minimum Gasteiger partial charge on any atom is -0.478 e. The summed E-state index contributed by atoms with van der Waals surface area (Å²) in [7, 11) is 1.71. The molecule has 1 aromatic rings. The van der Waals surface area contributed by atoms with Gasteiger partial charge in [-0.25, -0.2) is 9.18 Å². The molecule has 0 saturated carbocycles. The first kappa shape index (κ1) is 14.0. The summed E-state index contributed by atoms with van der Waals surface area (Å²) in [5.74, 6) is -1.56. The van der Waals surface area contributed by atoms with Gasteiger partial charge in [-0.1, -0.05) is 6.07 Å². The Bertz CT molecular complexity index is 456. The molecule has 0 aromatic heterocycles. The van der Waals surface area contributed by atoms with Crippen LogP contribution in [0, 0.1) is 5.82 Å². The Morgan fingerprint density at radius 3 is 2.68 bits per heavy atom. The summed E-state index contributed by atoms with van der Waals surface area (Å²) in [5.41, 5.74) is 0.528. The smallest absolute Gasteiger partial charge is 0.335 e. The van der Waals surface area contributed by atoms with Gasteiger partial charge in [-0.2, -0.15) is 0 Å². The number of carboxylic acid groups (broad SMARTS) is 1. The van der Waals surface area contributed by atoms with Crippen molar-refractivity contribution in [3.8, 4) is 0 Å². The zero-order valence-electron chi connectivity index (χ0n) is 10.9. The average molecular weight is 267 g/mol. The Hall–Kier alpha value is -1.46. The van der Waals surface area contributed by atoms with E-state index >= 15 is 0 Å². The highest BCUT2D eigenvalue weighted by atomic mass is 19.1. The van der Waals surface area contributed by atoms with Crippen LogP contribution in [0.3, 0.4) is 0 Å². The molecule has 0 spiro atoms. The molecule has 4 nitrogen and oxygen atoms in total. The highest BCUT2D eigenvalue weighted by molar-refractivity contribution is 5.87. The van der Waals surface area contributed by atoms with Gasteiger partial charge in [0, 0.05) is 32.3 Å². The number of aromatic carboxylic acids is 1. The van der Waals surface area contributed by atoms with Gasteiger partial charge in [-0.15, -0.1) is 0 Å². The van der Waals surface area contributed by atoms with E-state index in [1.54, 1.807) is 13.2 Å². The number of benzene rings is 1. The number of carbonyl (C=O) groups is 1. The fourth-order valence-electron chi connectivity index (χ4n) is 2.35. The van der Waals surface area contributed by atoms with E-state index in [4.69, 9.17) is 9.84 Å². The second-order valence-electron chi connectivity index (χ2n) is 4.82. The minimum atomic E-state index is -1.11. The lowest BCUT2D eigenvalue weighted by Gasteiger charge is -2.31. The van der Waals surface area contributed by atoms with Crippen LogP contribution >= 0.6 is 0 Å². The van der Waals surface area contributed by atoms with Crippen molar-refractivity contribution in [3.05, 3.63) is 35.1 Å². The number of halogens is 1. The Labute approximate surface area is 111 Å². The molecular formula is C14H18FNO3. The number of ether oxygens (including phenoxy) is 1. The summed E-state index contributed by atoms with van der Waals surface area (Å²) in [6, 6.07) is 4.09. The van der Waals surface area contributed by atoms with Gasteiger partial charge in [-0.05, 0) is 25.0 Å². The first-order valence-corrected chi connectivity index (χ1v) is 6.37. The highest BCUT2D eigenvalue weighted by Gasteiger charge is 2.19. The number of hydrogen-bond acceptors (Lipinski definition) is 3. The Morgan fingerprint density at radius 2 is 2.16 bits per heavy atom. The summed E-state index contributed by atoms with van der Waals surface area (Å²) < 4.78 is 19.1. The third kappa shape index (κ3) is 3.52. The maximum Gasteiger partial charge on any atom is 0.335 e. The van der Waals surface area contributed by atoms with E-state index in [1.165, 1.54) is 6.07 Å². The van der Waals surface area contributed by atoms with Gasteiger partial charge in [0.2, 0.25) is 0 Å². The largest absolute Gasteiger partial charge is 0.478 e. The van der Waals surface area contributed by atoms with Gasteiger partial charge in [-0.3, -0.25) is 4.90 Å². The second-order valence-corrected chi connectivity index (χ2v) is 4.82. The molecule has 104 valence electrons. The molecule has 0 atom stereocenters. The average Bonchev–Trinajstić information content (AvgIpc) is 2.41. The number of piperidine rings is 1. The lowest BCUT2D eigenvalue weighted by Crippen LogP contribution is -2.36. The Balaban J connectivity index is 1.98. The minimum absolute atomic E-state index is 0.0145. The van der Waals surface area contributed by atoms with Gasteiger partial charge in [0.05, 0.1) is 11.7 Å². The van der Waals surface area contributed by atoms with Crippen LogP contribution in [0.5, 0.6) is 0 Å². The van der Waals surface area contributed by atoms with Crippen LogP contribution in [-0.4, -0.2) is 42.3 Å². The Morgan fingerprint density at radius 1 is 1.47 bits per heavy atom. The van der Waals surface area contributed by atoms with Crippen molar-refractivity contribution in [1.82, 2.24) is 4.90 Å². The predicted molar refractivity (Wildman–Crippen MR) is 68.7 cm³/mol. The predicted octanol–water partition coefficient (Wildman–Crippen LogP) is 2.13. The summed E-state index contributed by atoms with van der Waals surface area (Å²) in [6.45, 7) is 2.26. The topological polar surface area (TPSA) is 49.8 Å². The molecule has 0 amide bonds. The zero-order valence-corrected chi connectivity index (χ0v) is 10.9. The van der Waals surface area contributed by atoms with Crippen LogP contribution in [0.25, 0.3) is 0 Å². The first-order valence-electron chi connectivity index (χ1n) is 6.37. The first-order chi connectivity index (χ1) is 9.10. The molecule has 19 heavy (non-hydrogen) atoms. The standard InChI is InChI=1S/C14H18FNO3/c1-19-12-4-6-16(7-5-12)9-11-3-2-10(14(17)18)8-13(11)15/h2-3,8,12H,4-7,9H2,1H3,(H,17,18). The maximum absolute atomic E-state index is 13.8. The van der Waals surface area contributed by atoms with Gasteiger partial charge in [0.25, 0.3) is 0 Å². The van der Waals surface area contributed by atoms with Gasteiger partial charge < -0.3 is 9.84 Å². The molecule has 5 heteroatoms. The third-order valence-electron chi connectivity index (χ3n) is 3.56. The van der Waals surface area contributed by atoms with Crippen molar-refractivity contribution >= 4 is 5.97 Å². The molecule has 0 unspecified atom stereocenters. The molecule has 1 heterocycles. The van der Waals surface area contributed by atoms with Crippen LogP contribution in [0.1, 0.15) is 28.8 Å². The van der Waals surface area contributed by atoms with Crippen molar-refractivity contribution in [3.63, 3.8) is 0 Å². The molecule has 0 radical (unpaired) electrons. The number of carboxylic acids is 1. The van der Waals surface area contributed by atoms with Crippen molar-refractivity contribution < 1.29 is 19.0 Å². The van der Waals surface area contributed by atoms with Gasteiger partial charge in [0.1, 0.15) is 5.82 Å². The van der Waals surface area contributed by atoms with E-state index in [9.17, 15) is 9.18 Å². The van der Waals surface area contributed by atoms with Crippen LogP contribution in [0.4, 0.5) is 4.39 Å². The van der Waals surface area contributed by atoms with Crippen molar-refractivity contribution in [2.45, 2.75) is 25.5 Å². The summed E-state index contributed by atoms with van der Waals surface area (Å²) in [5, 5.41) is 8.79. The molecule has 0 bridgehead atoms. The van der Waals surface area contributed by atoms with Crippen LogP contribution in [0.15, 0.2) is 18.2 Å². The SMILES string of the molecule is COC1CCN(Cc2ccc(C(=O)O)cc2F)CC1.